The fraction of sp³-hybridized carbons (Fsp3) is 0.667. The predicted molar refractivity (Wildman–Crippen MR) is 93.7 cm³/mol. The van der Waals surface area contributed by atoms with Gasteiger partial charge in [0.25, 0.3) is 0 Å². The Morgan fingerprint density at radius 2 is 1.81 bits per heavy atom. The number of benzene rings is 1. The number of rotatable bonds is 6. The van der Waals surface area contributed by atoms with Crippen LogP contribution in [0.15, 0.2) is 24.3 Å². The third-order valence-corrected chi connectivity index (χ3v) is 6.58. The second-order valence-electron chi connectivity index (χ2n) is 8.26. The summed E-state index contributed by atoms with van der Waals surface area (Å²) in [5.41, 5.74) is 0.0566. The summed E-state index contributed by atoms with van der Waals surface area (Å²) in [5.74, 6) is 1.67. The number of nitrogens with zero attached hydrogens (tertiary/aromatic N) is 1. The summed E-state index contributed by atoms with van der Waals surface area (Å²) in [5, 5.41) is 0. The van der Waals surface area contributed by atoms with E-state index in [0.29, 0.717) is 42.4 Å². The van der Waals surface area contributed by atoms with Crippen molar-refractivity contribution in [2.45, 2.75) is 57.2 Å². The normalized spacial score (nSPS) is 29.1. The molecule has 1 heterocycles. The van der Waals surface area contributed by atoms with Crippen LogP contribution in [0, 0.1) is 17.8 Å². The van der Waals surface area contributed by atoms with E-state index in [1.165, 1.54) is 37.8 Å². The molecule has 0 bridgehead atoms. The largest absolute Gasteiger partial charge is 0.416 e. The first-order valence-corrected chi connectivity index (χ1v) is 9.86. The first-order valence-electron chi connectivity index (χ1n) is 9.86. The van der Waals surface area contributed by atoms with Gasteiger partial charge in [-0.15, -0.1) is 0 Å². The highest BCUT2D eigenvalue weighted by atomic mass is 19.4. The van der Waals surface area contributed by atoms with E-state index < -0.39 is 11.7 Å². The fourth-order valence-electron chi connectivity index (χ4n) is 5.14. The molecule has 0 N–H and O–H groups in total. The van der Waals surface area contributed by atoms with Crippen LogP contribution < -0.4 is 0 Å². The van der Waals surface area contributed by atoms with Gasteiger partial charge in [0.2, 0.25) is 0 Å². The summed E-state index contributed by atoms with van der Waals surface area (Å²) in [4.78, 5) is 15.1. The molecule has 0 spiro atoms. The van der Waals surface area contributed by atoms with Crippen molar-refractivity contribution in [3.63, 3.8) is 0 Å². The van der Waals surface area contributed by atoms with E-state index in [2.05, 4.69) is 4.90 Å². The molecule has 3 aliphatic rings. The van der Waals surface area contributed by atoms with Crippen molar-refractivity contribution in [2.24, 2.45) is 17.8 Å². The summed E-state index contributed by atoms with van der Waals surface area (Å²) in [6.07, 6.45) is 2.68. The van der Waals surface area contributed by atoms with Gasteiger partial charge in [-0.05, 0) is 49.1 Å². The zero-order chi connectivity index (χ0) is 18.3. The molecule has 2 nitrogen and oxygen atoms in total. The fourth-order valence-corrected chi connectivity index (χ4v) is 5.14. The van der Waals surface area contributed by atoms with Crippen LogP contribution in [-0.2, 0) is 17.4 Å². The molecule has 1 aliphatic heterocycles. The number of carbonyl (C=O) groups is 1. The molecule has 26 heavy (non-hydrogen) atoms. The molecule has 5 heteroatoms. The lowest BCUT2D eigenvalue weighted by Crippen LogP contribution is -2.34. The summed E-state index contributed by atoms with van der Waals surface area (Å²) in [6, 6.07) is 6.21. The number of carbonyl (C=O) groups excluding carboxylic acids is 1. The van der Waals surface area contributed by atoms with Crippen molar-refractivity contribution in [1.82, 2.24) is 4.90 Å². The van der Waals surface area contributed by atoms with Gasteiger partial charge < -0.3 is 0 Å². The molecule has 3 atom stereocenters. The van der Waals surface area contributed by atoms with Gasteiger partial charge in [0.1, 0.15) is 5.78 Å². The average Bonchev–Trinajstić information content (AvgIpc) is 3.00. The van der Waals surface area contributed by atoms with Crippen LogP contribution in [0.4, 0.5) is 13.2 Å². The molecule has 142 valence electrons. The van der Waals surface area contributed by atoms with Gasteiger partial charge >= 0.3 is 6.18 Å². The van der Waals surface area contributed by atoms with Gasteiger partial charge in [-0.25, -0.2) is 0 Å². The topological polar surface area (TPSA) is 20.3 Å². The van der Waals surface area contributed by atoms with Crippen LogP contribution in [0.2, 0.25) is 0 Å². The monoisotopic (exact) mass is 365 g/mol. The van der Waals surface area contributed by atoms with E-state index in [-0.39, 0.29) is 5.92 Å². The highest BCUT2D eigenvalue weighted by Gasteiger charge is 2.59. The molecule has 0 radical (unpaired) electrons. The van der Waals surface area contributed by atoms with Gasteiger partial charge in [0.15, 0.2) is 0 Å². The Hall–Kier alpha value is -1.36. The summed E-state index contributed by atoms with van der Waals surface area (Å²) < 4.78 is 38.2. The smallest absolute Gasteiger partial charge is 0.300 e. The highest BCUT2D eigenvalue weighted by molar-refractivity contribution is 5.84. The van der Waals surface area contributed by atoms with E-state index >= 15 is 0 Å². The minimum absolute atomic E-state index is 0.231. The Labute approximate surface area is 152 Å². The number of Topliss-reactive ketones (excluding diaryl/α,β-unsaturated/α-hetero) is 1. The molecule has 1 unspecified atom stereocenters. The van der Waals surface area contributed by atoms with Crippen molar-refractivity contribution in [3.05, 3.63) is 35.4 Å². The molecule has 3 fully saturated rings. The van der Waals surface area contributed by atoms with Gasteiger partial charge in [0.05, 0.1) is 5.56 Å². The zero-order valence-corrected chi connectivity index (χ0v) is 15.0. The summed E-state index contributed by atoms with van der Waals surface area (Å²) >= 11 is 0. The standard InChI is InChI=1S/C21H26F3NO/c22-21(23,24)15-7-3-5-14(11-15)6-4-10-19(26)20-17-12-25(13-18(17)20)16-8-1-2-9-16/h3,5,7,11,16-18,20H,1-2,4,6,8-10,12-13H2/t17-,18+,20?. The Balaban J connectivity index is 1.21. The molecule has 4 rings (SSSR count). The van der Waals surface area contributed by atoms with Crippen LogP contribution in [0.5, 0.6) is 0 Å². The number of halogens is 3. The van der Waals surface area contributed by atoms with E-state index in [1.54, 1.807) is 6.07 Å². The highest BCUT2D eigenvalue weighted by Crippen LogP contribution is 2.53. The minimum Gasteiger partial charge on any atom is -0.300 e. The second kappa shape index (κ2) is 6.99. The predicted octanol–water partition coefficient (Wildman–Crippen LogP) is 4.72. The molecule has 1 aromatic rings. The van der Waals surface area contributed by atoms with Gasteiger partial charge in [-0.3, -0.25) is 9.69 Å². The molecule has 0 aromatic heterocycles. The first kappa shape index (κ1) is 18.0. The summed E-state index contributed by atoms with van der Waals surface area (Å²) in [7, 11) is 0. The maximum Gasteiger partial charge on any atom is 0.416 e. The third-order valence-electron chi connectivity index (χ3n) is 6.58. The third kappa shape index (κ3) is 3.68. The Bertz CT molecular complexity index is 653. The number of fused-ring (bicyclic) bond motifs is 1. The van der Waals surface area contributed by atoms with Crippen molar-refractivity contribution in [2.75, 3.05) is 13.1 Å². The lowest BCUT2D eigenvalue weighted by atomic mass is 10.0. The van der Waals surface area contributed by atoms with Gasteiger partial charge in [-0.2, -0.15) is 13.2 Å². The summed E-state index contributed by atoms with van der Waals surface area (Å²) in [6.45, 7) is 2.17. The number of likely N-dealkylation sites (tertiary alicyclic amines) is 1. The maximum absolute atomic E-state index is 12.7. The average molecular weight is 365 g/mol. The lowest BCUT2D eigenvalue weighted by Gasteiger charge is -2.26. The SMILES string of the molecule is O=C(CCCc1cccc(C(F)(F)F)c1)C1[C@H]2CN(C3CCCC3)C[C@@H]12. The first-order chi connectivity index (χ1) is 12.4. The van der Waals surface area contributed by atoms with E-state index in [1.807, 2.05) is 0 Å². The molecule has 1 saturated heterocycles. The molecular formula is C21H26F3NO. The Kier molecular flexibility index (Phi) is 4.84. The number of alkyl halides is 3. The van der Waals surface area contributed by atoms with Crippen LogP contribution in [-0.4, -0.2) is 29.8 Å². The van der Waals surface area contributed by atoms with Crippen LogP contribution in [0.1, 0.15) is 49.7 Å². The number of hydrogen-bond donors (Lipinski definition) is 0. The van der Waals surface area contributed by atoms with Crippen molar-refractivity contribution < 1.29 is 18.0 Å². The van der Waals surface area contributed by atoms with E-state index in [4.69, 9.17) is 0 Å². The van der Waals surface area contributed by atoms with Crippen molar-refractivity contribution in [3.8, 4) is 0 Å². The second-order valence-corrected chi connectivity index (χ2v) is 8.26. The van der Waals surface area contributed by atoms with Gasteiger partial charge in [-0.1, -0.05) is 31.0 Å². The Morgan fingerprint density at radius 3 is 2.46 bits per heavy atom. The molecule has 0 amide bonds. The number of piperidine rings is 1. The number of aryl methyl sites for hydroxylation is 1. The van der Waals surface area contributed by atoms with Crippen LogP contribution in [0.25, 0.3) is 0 Å². The van der Waals surface area contributed by atoms with Crippen molar-refractivity contribution in [1.29, 1.82) is 0 Å². The number of ketones is 1. The minimum atomic E-state index is -4.30. The molecule has 2 saturated carbocycles. The molecular weight excluding hydrogens is 339 g/mol. The van der Waals surface area contributed by atoms with Gasteiger partial charge in [0, 0.05) is 31.5 Å². The molecule has 2 aliphatic carbocycles. The molecule has 1 aromatic carbocycles. The zero-order valence-electron chi connectivity index (χ0n) is 15.0. The quantitative estimate of drug-likeness (QED) is 0.727. The van der Waals surface area contributed by atoms with Crippen LogP contribution >= 0.6 is 0 Å². The van der Waals surface area contributed by atoms with E-state index in [0.717, 1.165) is 25.2 Å². The lowest BCUT2D eigenvalue weighted by molar-refractivity contribution is -0.137. The van der Waals surface area contributed by atoms with Crippen molar-refractivity contribution >= 4 is 5.78 Å². The number of hydrogen-bond acceptors (Lipinski definition) is 2. The Morgan fingerprint density at radius 1 is 1.12 bits per heavy atom. The van der Waals surface area contributed by atoms with Crippen LogP contribution in [0.3, 0.4) is 0 Å². The maximum atomic E-state index is 12.7. The van der Waals surface area contributed by atoms with E-state index in [9.17, 15) is 18.0 Å².